The molecular weight excluding hydrogens is 228 g/mol. The van der Waals surface area contributed by atoms with Crippen LogP contribution in [0.25, 0.3) is 11.1 Å². The van der Waals surface area contributed by atoms with Crippen molar-refractivity contribution in [2.24, 2.45) is 0 Å². The fourth-order valence-electron chi connectivity index (χ4n) is 3.24. The number of hydrogen-bond donors (Lipinski definition) is 0. The molecule has 0 saturated heterocycles. The van der Waals surface area contributed by atoms with Crippen molar-refractivity contribution in [3.8, 4) is 11.1 Å². The van der Waals surface area contributed by atoms with Gasteiger partial charge in [-0.15, -0.1) is 0 Å². The van der Waals surface area contributed by atoms with Crippen LogP contribution >= 0.6 is 0 Å². The molecule has 1 aliphatic carbocycles. The molecule has 3 rings (SSSR count). The van der Waals surface area contributed by atoms with E-state index in [4.69, 9.17) is 0 Å². The fourth-order valence-corrected chi connectivity index (χ4v) is 3.24. The van der Waals surface area contributed by atoms with Gasteiger partial charge in [-0.3, -0.25) is 0 Å². The summed E-state index contributed by atoms with van der Waals surface area (Å²) in [5.41, 5.74) is 8.72. The smallest absolute Gasteiger partial charge is 0.0158 e. The fraction of sp³-hybridized carbons (Fsp3) is 0.368. The highest BCUT2D eigenvalue weighted by Crippen LogP contribution is 2.49. The molecule has 19 heavy (non-hydrogen) atoms. The quantitative estimate of drug-likeness (QED) is 0.633. The Labute approximate surface area is 116 Å². The Kier molecular flexibility index (Phi) is 2.60. The van der Waals surface area contributed by atoms with Gasteiger partial charge in [-0.2, -0.15) is 0 Å². The molecule has 0 atom stereocenters. The minimum atomic E-state index is 0.131. The minimum Gasteiger partial charge on any atom is -0.0587 e. The molecule has 0 nitrogen and oxygen atoms in total. The van der Waals surface area contributed by atoms with Gasteiger partial charge in [0.2, 0.25) is 0 Å². The van der Waals surface area contributed by atoms with E-state index in [9.17, 15) is 0 Å². The SMILES string of the molecule is Cc1ccc2c(c1)C(C)(C)c1ccc(C(C)C)cc1-2. The van der Waals surface area contributed by atoms with Crippen LogP contribution in [0.15, 0.2) is 36.4 Å². The van der Waals surface area contributed by atoms with Crippen LogP contribution in [0, 0.1) is 6.92 Å². The first-order valence-corrected chi connectivity index (χ1v) is 7.17. The summed E-state index contributed by atoms with van der Waals surface area (Å²) in [6.07, 6.45) is 0. The summed E-state index contributed by atoms with van der Waals surface area (Å²) in [5.74, 6) is 0.586. The van der Waals surface area contributed by atoms with Crippen LogP contribution in [0.5, 0.6) is 0 Å². The van der Waals surface area contributed by atoms with Crippen LogP contribution < -0.4 is 0 Å². The standard InChI is InChI=1S/C19H22/c1-12(2)14-7-9-17-16(11-14)15-8-6-13(3)10-18(15)19(17,4)5/h6-12H,1-5H3. The van der Waals surface area contributed by atoms with E-state index >= 15 is 0 Å². The van der Waals surface area contributed by atoms with Crippen molar-refractivity contribution in [3.05, 3.63) is 58.7 Å². The lowest BCUT2D eigenvalue weighted by Crippen LogP contribution is -2.15. The lowest BCUT2D eigenvalue weighted by molar-refractivity contribution is 0.659. The van der Waals surface area contributed by atoms with Gasteiger partial charge in [0.25, 0.3) is 0 Å². The maximum atomic E-state index is 2.39. The Bertz CT molecular complexity index is 645. The second-order valence-corrected chi connectivity index (χ2v) is 6.63. The summed E-state index contributed by atoms with van der Waals surface area (Å²) in [5, 5.41) is 0. The van der Waals surface area contributed by atoms with Crippen molar-refractivity contribution in [2.75, 3.05) is 0 Å². The van der Waals surface area contributed by atoms with Crippen LogP contribution in [0.1, 0.15) is 55.9 Å². The Morgan fingerprint density at radius 3 is 2.26 bits per heavy atom. The van der Waals surface area contributed by atoms with Crippen LogP contribution in [0.2, 0.25) is 0 Å². The predicted octanol–water partition coefficient (Wildman–Crippen LogP) is 5.42. The molecule has 0 aliphatic heterocycles. The van der Waals surface area contributed by atoms with Crippen LogP contribution in [0.3, 0.4) is 0 Å². The van der Waals surface area contributed by atoms with E-state index in [1.54, 1.807) is 0 Å². The van der Waals surface area contributed by atoms with E-state index in [2.05, 4.69) is 71.0 Å². The highest BCUT2D eigenvalue weighted by molar-refractivity contribution is 5.81. The second kappa shape index (κ2) is 3.96. The number of aryl methyl sites for hydroxylation is 1. The molecule has 0 bridgehead atoms. The summed E-state index contributed by atoms with van der Waals surface area (Å²) < 4.78 is 0. The summed E-state index contributed by atoms with van der Waals surface area (Å²) in [6, 6.07) is 13.9. The molecule has 0 amide bonds. The highest BCUT2D eigenvalue weighted by atomic mass is 14.4. The van der Waals surface area contributed by atoms with Gasteiger partial charge in [-0.05, 0) is 40.7 Å². The van der Waals surface area contributed by atoms with Gasteiger partial charge >= 0.3 is 0 Å². The molecule has 2 aromatic carbocycles. The summed E-state index contributed by atoms with van der Waals surface area (Å²) in [7, 11) is 0. The lowest BCUT2D eigenvalue weighted by Gasteiger charge is -2.22. The molecule has 98 valence electrons. The molecule has 0 unspecified atom stereocenters. The molecular formula is C19H22. The van der Waals surface area contributed by atoms with E-state index in [0.29, 0.717) is 5.92 Å². The zero-order valence-corrected chi connectivity index (χ0v) is 12.5. The maximum absolute atomic E-state index is 2.39. The molecule has 1 aliphatic rings. The predicted molar refractivity (Wildman–Crippen MR) is 82.8 cm³/mol. The van der Waals surface area contributed by atoms with Gasteiger partial charge in [0, 0.05) is 5.41 Å². The average Bonchev–Trinajstić information content (AvgIpc) is 2.58. The number of benzene rings is 2. The largest absolute Gasteiger partial charge is 0.0587 e. The third-order valence-corrected chi connectivity index (χ3v) is 4.52. The van der Waals surface area contributed by atoms with E-state index in [0.717, 1.165) is 0 Å². The zero-order chi connectivity index (χ0) is 13.8. The third-order valence-electron chi connectivity index (χ3n) is 4.52. The number of rotatable bonds is 1. The van der Waals surface area contributed by atoms with Crippen molar-refractivity contribution in [2.45, 2.75) is 46.0 Å². The first-order valence-electron chi connectivity index (χ1n) is 7.17. The number of fused-ring (bicyclic) bond motifs is 3. The monoisotopic (exact) mass is 250 g/mol. The highest BCUT2D eigenvalue weighted by Gasteiger charge is 2.35. The van der Waals surface area contributed by atoms with E-state index < -0.39 is 0 Å². The van der Waals surface area contributed by atoms with Gasteiger partial charge in [-0.25, -0.2) is 0 Å². The lowest BCUT2D eigenvalue weighted by atomic mass is 9.81. The topological polar surface area (TPSA) is 0 Å². The molecule has 0 saturated carbocycles. The van der Waals surface area contributed by atoms with Crippen molar-refractivity contribution in [3.63, 3.8) is 0 Å². The average molecular weight is 250 g/mol. The van der Waals surface area contributed by atoms with Crippen LogP contribution in [0.4, 0.5) is 0 Å². The van der Waals surface area contributed by atoms with Crippen molar-refractivity contribution in [1.82, 2.24) is 0 Å². The summed E-state index contributed by atoms with van der Waals surface area (Å²) in [4.78, 5) is 0. The Morgan fingerprint density at radius 1 is 0.842 bits per heavy atom. The first-order chi connectivity index (χ1) is 8.91. The molecule has 2 aromatic rings. The summed E-state index contributed by atoms with van der Waals surface area (Å²) >= 11 is 0. The molecule has 0 radical (unpaired) electrons. The Balaban J connectivity index is 2.29. The van der Waals surface area contributed by atoms with E-state index in [-0.39, 0.29) is 5.41 Å². The van der Waals surface area contributed by atoms with Crippen LogP contribution in [-0.2, 0) is 5.41 Å². The second-order valence-electron chi connectivity index (χ2n) is 6.63. The summed E-state index contributed by atoms with van der Waals surface area (Å²) in [6.45, 7) is 11.4. The van der Waals surface area contributed by atoms with Crippen molar-refractivity contribution < 1.29 is 0 Å². The van der Waals surface area contributed by atoms with Gasteiger partial charge in [0.1, 0.15) is 0 Å². The molecule has 0 fully saturated rings. The van der Waals surface area contributed by atoms with Gasteiger partial charge < -0.3 is 0 Å². The molecule has 0 heteroatoms. The van der Waals surface area contributed by atoms with Gasteiger partial charge in [0.05, 0.1) is 0 Å². The first kappa shape index (κ1) is 12.5. The van der Waals surface area contributed by atoms with Crippen molar-refractivity contribution in [1.29, 1.82) is 0 Å². The molecule has 0 heterocycles. The Morgan fingerprint density at radius 2 is 1.58 bits per heavy atom. The van der Waals surface area contributed by atoms with E-state index in [1.165, 1.54) is 33.4 Å². The van der Waals surface area contributed by atoms with E-state index in [1.807, 2.05) is 0 Å². The Hall–Kier alpha value is -1.56. The maximum Gasteiger partial charge on any atom is 0.0158 e. The molecule has 0 N–H and O–H groups in total. The molecule has 0 spiro atoms. The van der Waals surface area contributed by atoms with Gasteiger partial charge in [-0.1, -0.05) is 69.7 Å². The number of hydrogen-bond acceptors (Lipinski definition) is 0. The van der Waals surface area contributed by atoms with Crippen LogP contribution in [-0.4, -0.2) is 0 Å². The normalized spacial score (nSPS) is 15.5. The van der Waals surface area contributed by atoms with Crippen molar-refractivity contribution >= 4 is 0 Å². The zero-order valence-electron chi connectivity index (χ0n) is 12.5. The van der Waals surface area contributed by atoms with Gasteiger partial charge in [0.15, 0.2) is 0 Å². The minimum absolute atomic E-state index is 0.131. The third kappa shape index (κ3) is 1.74. The molecule has 0 aromatic heterocycles.